The predicted octanol–water partition coefficient (Wildman–Crippen LogP) is 2.86. The minimum Gasteiger partial charge on any atom is -0.496 e. The largest absolute Gasteiger partial charge is 0.496 e. The average Bonchev–Trinajstić information content (AvgIpc) is 2.68. The molecule has 2 aromatic rings. The first-order valence-corrected chi connectivity index (χ1v) is 10.4. The molecule has 1 aliphatic rings. The topological polar surface area (TPSA) is 64.6 Å². The Morgan fingerprint density at radius 3 is 2.38 bits per heavy atom. The van der Waals surface area contributed by atoms with Crippen LogP contribution < -0.4 is 9.46 Å². The molecule has 1 heterocycles. The molecule has 26 heavy (non-hydrogen) atoms. The fourth-order valence-electron chi connectivity index (χ4n) is 3.48. The van der Waals surface area contributed by atoms with Crippen LogP contribution >= 0.6 is 0 Å². The molecule has 1 N–H and O–H groups in total. The van der Waals surface area contributed by atoms with Crippen LogP contribution in [0.25, 0.3) is 0 Å². The molecule has 0 atom stereocenters. The molecular formula is C20H25NO4S. The highest BCUT2D eigenvalue weighted by Gasteiger charge is 2.37. The summed E-state index contributed by atoms with van der Waals surface area (Å²) in [7, 11) is -1.79. The Morgan fingerprint density at radius 2 is 1.69 bits per heavy atom. The molecule has 0 radical (unpaired) electrons. The summed E-state index contributed by atoms with van der Waals surface area (Å²) in [4.78, 5) is 0. The molecule has 2 aromatic carbocycles. The molecule has 5 nitrogen and oxygen atoms in total. The van der Waals surface area contributed by atoms with Crippen LogP contribution in [0.2, 0.25) is 0 Å². The Morgan fingerprint density at radius 1 is 1.04 bits per heavy atom. The van der Waals surface area contributed by atoms with E-state index >= 15 is 0 Å². The number of nitrogens with one attached hydrogen (secondary N) is 1. The van der Waals surface area contributed by atoms with Crippen molar-refractivity contribution in [2.75, 3.05) is 26.9 Å². The van der Waals surface area contributed by atoms with Crippen molar-refractivity contribution >= 4 is 10.0 Å². The molecule has 0 unspecified atom stereocenters. The molecule has 0 amide bonds. The molecule has 0 saturated carbocycles. The highest BCUT2D eigenvalue weighted by molar-refractivity contribution is 7.88. The van der Waals surface area contributed by atoms with Crippen molar-refractivity contribution in [1.29, 1.82) is 0 Å². The van der Waals surface area contributed by atoms with Crippen LogP contribution in [-0.2, 0) is 25.9 Å². The molecular weight excluding hydrogens is 350 g/mol. The molecule has 1 saturated heterocycles. The van der Waals surface area contributed by atoms with Gasteiger partial charge in [0.2, 0.25) is 10.0 Å². The maximum absolute atomic E-state index is 12.6. The zero-order chi connectivity index (χ0) is 18.5. The van der Waals surface area contributed by atoms with E-state index in [1.165, 1.54) is 0 Å². The zero-order valence-corrected chi connectivity index (χ0v) is 15.8. The Balaban J connectivity index is 1.81. The van der Waals surface area contributed by atoms with Crippen molar-refractivity contribution < 1.29 is 17.9 Å². The first-order chi connectivity index (χ1) is 12.5. The first-order valence-electron chi connectivity index (χ1n) is 8.77. The van der Waals surface area contributed by atoms with Crippen LogP contribution in [0.1, 0.15) is 24.0 Å². The maximum atomic E-state index is 12.6. The normalized spacial score (nSPS) is 17.0. The minimum atomic E-state index is -3.43. The third kappa shape index (κ3) is 4.44. The van der Waals surface area contributed by atoms with E-state index in [0.29, 0.717) is 19.8 Å². The van der Waals surface area contributed by atoms with Gasteiger partial charge in [-0.05, 0) is 24.5 Å². The van der Waals surface area contributed by atoms with Crippen molar-refractivity contribution in [3.8, 4) is 5.75 Å². The number of hydrogen-bond donors (Lipinski definition) is 1. The van der Waals surface area contributed by atoms with Crippen molar-refractivity contribution in [2.24, 2.45) is 0 Å². The number of para-hydroxylation sites is 1. The van der Waals surface area contributed by atoms with Gasteiger partial charge in [-0.1, -0.05) is 48.5 Å². The number of rotatable bonds is 7. The summed E-state index contributed by atoms with van der Waals surface area (Å²) in [5, 5.41) is 0. The van der Waals surface area contributed by atoms with Gasteiger partial charge in [0.05, 0.1) is 12.9 Å². The highest BCUT2D eigenvalue weighted by Crippen LogP contribution is 2.39. The first kappa shape index (κ1) is 18.9. The second kappa shape index (κ2) is 8.20. The van der Waals surface area contributed by atoms with Gasteiger partial charge in [-0.15, -0.1) is 0 Å². The Kier molecular flexibility index (Phi) is 5.96. The lowest BCUT2D eigenvalue weighted by atomic mass is 9.74. The molecule has 1 aliphatic heterocycles. The summed E-state index contributed by atoms with van der Waals surface area (Å²) < 4.78 is 39.1. The second-order valence-electron chi connectivity index (χ2n) is 6.66. The Bertz CT molecular complexity index is 815. The highest BCUT2D eigenvalue weighted by atomic mass is 32.2. The summed E-state index contributed by atoms with van der Waals surface area (Å²) in [5.74, 6) is 0.767. The van der Waals surface area contributed by atoms with Gasteiger partial charge < -0.3 is 9.47 Å². The summed E-state index contributed by atoms with van der Waals surface area (Å²) in [5.41, 5.74) is 1.49. The lowest BCUT2D eigenvalue weighted by Crippen LogP contribution is -2.45. The third-order valence-electron chi connectivity index (χ3n) is 4.96. The van der Waals surface area contributed by atoms with Crippen LogP contribution in [-0.4, -0.2) is 35.3 Å². The van der Waals surface area contributed by atoms with Crippen LogP contribution in [0.15, 0.2) is 54.6 Å². The Hall–Kier alpha value is -1.89. The molecule has 1 fully saturated rings. The number of sulfonamides is 1. The van der Waals surface area contributed by atoms with E-state index in [0.717, 1.165) is 29.7 Å². The van der Waals surface area contributed by atoms with Gasteiger partial charge in [0.1, 0.15) is 5.75 Å². The average molecular weight is 375 g/mol. The maximum Gasteiger partial charge on any atom is 0.215 e. The number of hydrogen-bond acceptors (Lipinski definition) is 4. The van der Waals surface area contributed by atoms with Gasteiger partial charge in [-0.25, -0.2) is 13.1 Å². The molecule has 0 bridgehead atoms. The molecule has 0 aromatic heterocycles. The minimum absolute atomic E-state index is 0.0215. The summed E-state index contributed by atoms with van der Waals surface area (Å²) in [6.07, 6.45) is 1.50. The van der Waals surface area contributed by atoms with Crippen LogP contribution in [0, 0.1) is 0 Å². The van der Waals surface area contributed by atoms with Crippen LogP contribution in [0.5, 0.6) is 5.75 Å². The van der Waals surface area contributed by atoms with E-state index in [1.54, 1.807) is 7.11 Å². The molecule has 140 valence electrons. The van der Waals surface area contributed by atoms with Gasteiger partial charge in [-0.3, -0.25) is 0 Å². The Labute approximate surface area is 155 Å². The zero-order valence-electron chi connectivity index (χ0n) is 15.0. The fraction of sp³-hybridized carbons (Fsp3) is 0.400. The van der Waals surface area contributed by atoms with Crippen LogP contribution in [0.4, 0.5) is 0 Å². The van der Waals surface area contributed by atoms with E-state index in [2.05, 4.69) is 4.72 Å². The lowest BCUT2D eigenvalue weighted by molar-refractivity contribution is 0.0509. The van der Waals surface area contributed by atoms with E-state index in [-0.39, 0.29) is 11.2 Å². The van der Waals surface area contributed by atoms with Crippen molar-refractivity contribution in [1.82, 2.24) is 4.72 Å². The van der Waals surface area contributed by atoms with E-state index in [1.807, 2.05) is 54.6 Å². The van der Waals surface area contributed by atoms with Gasteiger partial charge in [0, 0.05) is 30.7 Å². The van der Waals surface area contributed by atoms with Crippen LogP contribution in [0.3, 0.4) is 0 Å². The molecule has 0 spiro atoms. The molecule has 3 rings (SSSR count). The second-order valence-corrected chi connectivity index (χ2v) is 8.47. The van der Waals surface area contributed by atoms with E-state index < -0.39 is 10.0 Å². The lowest BCUT2D eigenvalue weighted by Gasteiger charge is -2.38. The number of benzene rings is 2. The molecule has 0 aliphatic carbocycles. The monoisotopic (exact) mass is 375 g/mol. The quantitative estimate of drug-likeness (QED) is 0.808. The smallest absolute Gasteiger partial charge is 0.215 e. The SMILES string of the molecule is COc1ccccc1C1(CNS(=O)(=O)Cc2ccccc2)CCOCC1. The predicted molar refractivity (Wildman–Crippen MR) is 102 cm³/mol. The van der Waals surface area contributed by atoms with Crippen molar-refractivity contribution in [3.63, 3.8) is 0 Å². The third-order valence-corrected chi connectivity index (χ3v) is 6.26. The van der Waals surface area contributed by atoms with Gasteiger partial charge in [-0.2, -0.15) is 0 Å². The summed E-state index contributed by atoms with van der Waals surface area (Å²) in [6, 6.07) is 17.1. The van der Waals surface area contributed by atoms with Gasteiger partial charge in [0.15, 0.2) is 0 Å². The van der Waals surface area contributed by atoms with Crippen molar-refractivity contribution in [3.05, 3.63) is 65.7 Å². The number of methoxy groups -OCH3 is 1. The fourth-order valence-corrected chi connectivity index (χ4v) is 4.71. The van der Waals surface area contributed by atoms with Gasteiger partial charge in [0.25, 0.3) is 0 Å². The number of ether oxygens (including phenoxy) is 2. The summed E-state index contributed by atoms with van der Waals surface area (Å²) >= 11 is 0. The summed E-state index contributed by atoms with van der Waals surface area (Å²) in [6.45, 7) is 1.56. The standard InChI is InChI=1S/C20H25NO4S/c1-24-19-10-6-5-9-18(19)20(11-13-25-14-12-20)16-21-26(22,23)15-17-7-3-2-4-8-17/h2-10,21H,11-16H2,1H3. The van der Waals surface area contributed by atoms with E-state index in [4.69, 9.17) is 9.47 Å². The molecule has 6 heteroatoms. The van der Waals surface area contributed by atoms with Crippen molar-refractivity contribution in [2.45, 2.75) is 24.0 Å². The van der Waals surface area contributed by atoms with Gasteiger partial charge >= 0.3 is 0 Å². The van der Waals surface area contributed by atoms with E-state index in [9.17, 15) is 8.42 Å².